The summed E-state index contributed by atoms with van der Waals surface area (Å²) in [4.78, 5) is 0. The summed E-state index contributed by atoms with van der Waals surface area (Å²) < 4.78 is 0. The summed E-state index contributed by atoms with van der Waals surface area (Å²) in [6, 6.07) is 0. The topological polar surface area (TPSA) is 12.0 Å². The quantitative estimate of drug-likeness (QED) is 0.509. The van der Waals surface area contributed by atoms with E-state index in [1.807, 2.05) is 11.8 Å². The summed E-state index contributed by atoms with van der Waals surface area (Å²) >= 11 is 1.89. The monoisotopic (exact) mass is 115 g/mol. The molecule has 0 spiro atoms. The van der Waals surface area contributed by atoms with Crippen LogP contribution in [-0.2, 0) is 0 Å². The lowest BCUT2D eigenvalue weighted by Crippen LogP contribution is -2.05. The van der Waals surface area contributed by atoms with E-state index in [-0.39, 0.29) is 0 Å². The third kappa shape index (κ3) is 0.911. The van der Waals surface area contributed by atoms with Crippen LogP contribution in [-0.4, -0.2) is 11.1 Å². The molecule has 0 saturated carbocycles. The van der Waals surface area contributed by atoms with E-state index < -0.39 is 0 Å². The Kier molecular flexibility index (Phi) is 1.28. The molecule has 1 nitrogen and oxygen atoms in total. The van der Waals surface area contributed by atoms with Gasteiger partial charge in [0.15, 0.2) is 0 Å². The molecular weight excluding hydrogens is 106 g/mol. The molecule has 0 radical (unpaired) electrons. The zero-order valence-corrected chi connectivity index (χ0v) is 5.22. The molecule has 1 fully saturated rings. The highest BCUT2D eigenvalue weighted by atomic mass is 32.2. The highest BCUT2D eigenvalue weighted by Crippen LogP contribution is 2.20. The van der Waals surface area contributed by atoms with Crippen molar-refractivity contribution in [3.05, 3.63) is 12.3 Å². The number of thioether (sulfide) groups is 1. The Labute approximate surface area is 48.2 Å². The third-order valence-electron chi connectivity index (χ3n) is 1.12. The number of nitrogens with one attached hydrogen (secondary N) is 1. The fraction of sp³-hybridized carbons (Fsp3) is 0.600. The Morgan fingerprint density at radius 3 is 2.86 bits per heavy atom. The van der Waals surface area contributed by atoms with Crippen molar-refractivity contribution in [2.45, 2.75) is 12.2 Å². The minimum absolute atomic E-state index is 0.625. The Bertz CT molecular complexity index is 90.1. The number of hydrogen-bond donors (Lipinski definition) is 1. The maximum absolute atomic E-state index is 3.80. The molecule has 1 N–H and O–H groups in total. The van der Waals surface area contributed by atoms with E-state index in [0.717, 1.165) is 5.88 Å². The molecule has 1 unspecified atom stereocenters. The number of rotatable bonds is 0. The van der Waals surface area contributed by atoms with Gasteiger partial charge in [-0.25, -0.2) is 0 Å². The van der Waals surface area contributed by atoms with Crippen LogP contribution in [0.25, 0.3) is 0 Å². The molecule has 7 heavy (non-hydrogen) atoms. The van der Waals surface area contributed by atoms with Crippen molar-refractivity contribution in [3.63, 3.8) is 0 Å². The average Bonchev–Trinajstić information content (AvgIpc) is 1.91. The lowest BCUT2D eigenvalue weighted by Gasteiger charge is -1.96. The van der Waals surface area contributed by atoms with E-state index in [2.05, 4.69) is 18.8 Å². The zero-order chi connectivity index (χ0) is 5.28. The van der Waals surface area contributed by atoms with Crippen LogP contribution in [0.3, 0.4) is 0 Å². The van der Waals surface area contributed by atoms with Gasteiger partial charge in [-0.15, -0.1) is 11.8 Å². The molecule has 0 aromatic carbocycles. The van der Waals surface area contributed by atoms with Crippen molar-refractivity contribution >= 4 is 11.8 Å². The van der Waals surface area contributed by atoms with E-state index >= 15 is 0 Å². The third-order valence-corrected chi connectivity index (χ3v) is 2.22. The van der Waals surface area contributed by atoms with Crippen LogP contribution < -0.4 is 5.32 Å². The van der Waals surface area contributed by atoms with Crippen LogP contribution >= 0.6 is 11.8 Å². The van der Waals surface area contributed by atoms with Gasteiger partial charge >= 0.3 is 0 Å². The molecular formula is C5H9NS. The lowest BCUT2D eigenvalue weighted by atomic mass is 10.4. The fourth-order valence-electron chi connectivity index (χ4n) is 0.504. The van der Waals surface area contributed by atoms with Crippen molar-refractivity contribution in [2.75, 3.05) is 5.88 Å². The molecule has 40 valence electrons. The van der Waals surface area contributed by atoms with Gasteiger partial charge in [0.05, 0.1) is 5.88 Å². The Hall–Kier alpha value is -0.110. The first-order valence-corrected chi connectivity index (χ1v) is 3.40. The summed E-state index contributed by atoms with van der Waals surface area (Å²) in [6.45, 7) is 5.96. The fourth-order valence-corrected chi connectivity index (χ4v) is 1.31. The normalized spacial score (nSPS) is 30.4. The molecule has 1 atom stereocenters. The van der Waals surface area contributed by atoms with Gasteiger partial charge in [-0.3, -0.25) is 0 Å². The second-order valence-electron chi connectivity index (χ2n) is 1.66. The van der Waals surface area contributed by atoms with Gasteiger partial charge in [0.25, 0.3) is 0 Å². The van der Waals surface area contributed by atoms with Gasteiger partial charge in [-0.2, -0.15) is 0 Å². The number of hydrogen-bond acceptors (Lipinski definition) is 2. The maximum Gasteiger partial charge on any atom is 0.0614 e. The first kappa shape index (κ1) is 5.04. The van der Waals surface area contributed by atoms with E-state index in [4.69, 9.17) is 0 Å². The lowest BCUT2D eigenvalue weighted by molar-refractivity contribution is 0.949. The molecule has 0 amide bonds. The predicted molar refractivity (Wildman–Crippen MR) is 34.2 cm³/mol. The highest BCUT2D eigenvalue weighted by molar-refractivity contribution is 8.00. The van der Waals surface area contributed by atoms with Gasteiger partial charge < -0.3 is 5.32 Å². The largest absolute Gasteiger partial charge is 0.379 e. The van der Waals surface area contributed by atoms with Crippen molar-refractivity contribution < 1.29 is 0 Å². The molecule has 0 bridgehead atoms. The van der Waals surface area contributed by atoms with Crippen molar-refractivity contribution in [1.82, 2.24) is 5.32 Å². The standard InChI is InChI=1S/C5H9NS/c1-4-5(2)7-3-6-4/h5-6H,1,3H2,2H3. The minimum atomic E-state index is 0.625. The van der Waals surface area contributed by atoms with Gasteiger partial charge in [-0.05, 0) is 6.92 Å². The Morgan fingerprint density at radius 2 is 2.71 bits per heavy atom. The van der Waals surface area contributed by atoms with E-state index in [0.29, 0.717) is 5.25 Å². The van der Waals surface area contributed by atoms with Gasteiger partial charge in [0.1, 0.15) is 0 Å². The van der Waals surface area contributed by atoms with Crippen molar-refractivity contribution in [3.8, 4) is 0 Å². The van der Waals surface area contributed by atoms with E-state index in [1.165, 1.54) is 5.70 Å². The Morgan fingerprint density at radius 1 is 2.00 bits per heavy atom. The molecule has 1 heterocycles. The van der Waals surface area contributed by atoms with Gasteiger partial charge in [-0.1, -0.05) is 6.58 Å². The summed E-state index contributed by atoms with van der Waals surface area (Å²) in [6.07, 6.45) is 0. The molecule has 1 rings (SSSR count). The van der Waals surface area contributed by atoms with Crippen LogP contribution in [0.2, 0.25) is 0 Å². The van der Waals surface area contributed by atoms with Gasteiger partial charge in [0, 0.05) is 10.9 Å². The van der Waals surface area contributed by atoms with Crippen LogP contribution in [0.4, 0.5) is 0 Å². The first-order valence-electron chi connectivity index (χ1n) is 2.35. The van der Waals surface area contributed by atoms with Crippen LogP contribution in [0.5, 0.6) is 0 Å². The molecule has 1 aliphatic rings. The molecule has 1 aliphatic heterocycles. The zero-order valence-electron chi connectivity index (χ0n) is 4.40. The molecule has 0 aromatic rings. The molecule has 1 saturated heterocycles. The smallest absolute Gasteiger partial charge is 0.0614 e. The predicted octanol–water partition coefficient (Wildman–Crippen LogP) is 1.18. The van der Waals surface area contributed by atoms with Crippen molar-refractivity contribution in [2.24, 2.45) is 0 Å². The highest BCUT2D eigenvalue weighted by Gasteiger charge is 2.11. The van der Waals surface area contributed by atoms with Crippen LogP contribution in [0.1, 0.15) is 6.92 Å². The van der Waals surface area contributed by atoms with Crippen LogP contribution in [0, 0.1) is 0 Å². The minimum Gasteiger partial charge on any atom is -0.379 e. The van der Waals surface area contributed by atoms with E-state index in [1.54, 1.807) is 0 Å². The van der Waals surface area contributed by atoms with Crippen molar-refractivity contribution in [1.29, 1.82) is 0 Å². The Balaban J connectivity index is 2.48. The summed E-state index contributed by atoms with van der Waals surface area (Å²) in [7, 11) is 0. The maximum atomic E-state index is 3.80. The first-order chi connectivity index (χ1) is 3.30. The van der Waals surface area contributed by atoms with Gasteiger partial charge in [0.2, 0.25) is 0 Å². The molecule has 0 aromatic heterocycles. The SMILES string of the molecule is C=C1NCSC1C. The second-order valence-corrected chi connectivity index (χ2v) is 2.98. The summed E-state index contributed by atoms with van der Waals surface area (Å²) in [5.41, 5.74) is 1.17. The molecule has 0 aliphatic carbocycles. The second kappa shape index (κ2) is 1.78. The molecule has 2 heteroatoms. The summed E-state index contributed by atoms with van der Waals surface area (Å²) in [5.74, 6) is 1.04. The average molecular weight is 115 g/mol. The van der Waals surface area contributed by atoms with Crippen LogP contribution in [0.15, 0.2) is 12.3 Å². The summed E-state index contributed by atoms with van der Waals surface area (Å²) in [5, 5.41) is 3.76. The van der Waals surface area contributed by atoms with E-state index in [9.17, 15) is 0 Å².